The highest BCUT2D eigenvalue weighted by atomic mass is 79.9. The van der Waals surface area contributed by atoms with Crippen molar-refractivity contribution < 1.29 is 5.11 Å². The number of benzene rings is 1. The first-order valence-electron chi connectivity index (χ1n) is 5.47. The van der Waals surface area contributed by atoms with Gasteiger partial charge in [-0.3, -0.25) is 0 Å². The molecule has 1 aliphatic carbocycles. The molecule has 16 heavy (non-hydrogen) atoms. The van der Waals surface area contributed by atoms with Gasteiger partial charge in [-0.25, -0.2) is 0 Å². The van der Waals surface area contributed by atoms with Crippen LogP contribution in [0.3, 0.4) is 0 Å². The molecule has 1 aromatic carbocycles. The van der Waals surface area contributed by atoms with Gasteiger partial charge in [0.25, 0.3) is 0 Å². The summed E-state index contributed by atoms with van der Waals surface area (Å²) in [6, 6.07) is 4.28. The van der Waals surface area contributed by atoms with Crippen molar-refractivity contribution in [2.75, 3.05) is 6.54 Å². The summed E-state index contributed by atoms with van der Waals surface area (Å²) in [6.07, 6.45) is 1.82. The van der Waals surface area contributed by atoms with Crippen LogP contribution in [0.1, 0.15) is 30.5 Å². The van der Waals surface area contributed by atoms with Gasteiger partial charge in [0.05, 0.1) is 6.10 Å². The second-order valence-corrected chi connectivity index (χ2v) is 5.59. The summed E-state index contributed by atoms with van der Waals surface area (Å²) < 4.78 is 1.09. The summed E-state index contributed by atoms with van der Waals surface area (Å²) in [5.41, 5.74) is 2.60. The van der Waals surface area contributed by atoms with E-state index in [1.165, 1.54) is 11.1 Å². The number of halogens is 2. The lowest BCUT2D eigenvalue weighted by Gasteiger charge is -2.15. The third-order valence-electron chi connectivity index (χ3n) is 2.91. The lowest BCUT2D eigenvalue weighted by molar-refractivity contribution is 0.186. The Kier molecular flexibility index (Phi) is 3.90. The van der Waals surface area contributed by atoms with Crippen molar-refractivity contribution in [1.29, 1.82) is 0 Å². The van der Waals surface area contributed by atoms with Crippen LogP contribution in [0.2, 0.25) is 5.02 Å². The highest BCUT2D eigenvalue weighted by Crippen LogP contribution is 2.37. The average molecular weight is 305 g/mol. The van der Waals surface area contributed by atoms with Crippen molar-refractivity contribution in [1.82, 2.24) is 5.32 Å². The molecular formula is C12H15BrClNO. The first kappa shape index (κ1) is 12.4. The lowest BCUT2D eigenvalue weighted by Crippen LogP contribution is -2.27. The maximum Gasteiger partial charge on any atom is 0.0636 e. The third-order valence-corrected chi connectivity index (χ3v) is 3.84. The molecule has 4 heteroatoms. The monoisotopic (exact) mass is 303 g/mol. The highest BCUT2D eigenvalue weighted by Gasteiger charge is 2.24. The van der Waals surface area contributed by atoms with E-state index in [-0.39, 0.29) is 6.10 Å². The predicted molar refractivity (Wildman–Crippen MR) is 69.9 cm³/mol. The van der Waals surface area contributed by atoms with E-state index in [9.17, 15) is 5.11 Å². The fraction of sp³-hybridized carbons (Fsp3) is 0.500. The van der Waals surface area contributed by atoms with Gasteiger partial charge in [0.1, 0.15) is 0 Å². The Labute approximate surface area is 109 Å². The molecule has 1 aromatic rings. The van der Waals surface area contributed by atoms with Gasteiger partial charge < -0.3 is 10.4 Å². The standard InChI is InChI=1S/C12H15BrClNO/c1-7(16)6-15-12-3-2-9-10(12)4-8(14)5-11(9)13/h4-5,7,12,15-16H,2-3,6H2,1H3. The fourth-order valence-corrected chi connectivity index (χ4v) is 3.20. The Morgan fingerprint density at radius 3 is 3.06 bits per heavy atom. The van der Waals surface area contributed by atoms with E-state index in [4.69, 9.17) is 11.6 Å². The molecule has 2 nitrogen and oxygen atoms in total. The molecule has 0 heterocycles. The SMILES string of the molecule is CC(O)CNC1CCc2c(Br)cc(Cl)cc21. The molecule has 88 valence electrons. The highest BCUT2D eigenvalue weighted by molar-refractivity contribution is 9.10. The van der Waals surface area contributed by atoms with E-state index >= 15 is 0 Å². The van der Waals surface area contributed by atoms with E-state index in [2.05, 4.69) is 21.2 Å². The maximum absolute atomic E-state index is 9.27. The first-order valence-corrected chi connectivity index (χ1v) is 6.64. The van der Waals surface area contributed by atoms with Crippen LogP contribution in [0.4, 0.5) is 0 Å². The summed E-state index contributed by atoms with van der Waals surface area (Å²) in [5.74, 6) is 0. The zero-order valence-electron chi connectivity index (χ0n) is 9.13. The second kappa shape index (κ2) is 5.05. The molecular weight excluding hydrogens is 289 g/mol. The second-order valence-electron chi connectivity index (χ2n) is 4.30. The summed E-state index contributed by atoms with van der Waals surface area (Å²) in [6.45, 7) is 2.41. The van der Waals surface area contributed by atoms with Gasteiger partial charge >= 0.3 is 0 Å². The molecule has 0 saturated heterocycles. The molecule has 0 fully saturated rings. The molecule has 0 aromatic heterocycles. The van der Waals surface area contributed by atoms with Gasteiger partial charge in [-0.15, -0.1) is 0 Å². The van der Waals surface area contributed by atoms with Crippen LogP contribution in [0.5, 0.6) is 0 Å². The summed E-state index contributed by atoms with van der Waals surface area (Å²) in [5, 5.41) is 13.4. The van der Waals surface area contributed by atoms with Crippen molar-refractivity contribution in [3.63, 3.8) is 0 Å². The van der Waals surface area contributed by atoms with Crippen molar-refractivity contribution in [2.24, 2.45) is 0 Å². The molecule has 1 aliphatic rings. The van der Waals surface area contributed by atoms with Crippen molar-refractivity contribution >= 4 is 27.5 Å². The van der Waals surface area contributed by atoms with E-state index in [0.29, 0.717) is 12.6 Å². The van der Waals surface area contributed by atoms with Gasteiger partial charge in [0.15, 0.2) is 0 Å². The van der Waals surface area contributed by atoms with Gasteiger partial charge in [-0.05, 0) is 43.0 Å². The minimum absolute atomic E-state index is 0.313. The smallest absolute Gasteiger partial charge is 0.0636 e. The number of hydrogen-bond acceptors (Lipinski definition) is 2. The van der Waals surface area contributed by atoms with Gasteiger partial charge in [0.2, 0.25) is 0 Å². The van der Waals surface area contributed by atoms with Crippen LogP contribution in [0.15, 0.2) is 16.6 Å². The van der Waals surface area contributed by atoms with Gasteiger partial charge in [0, 0.05) is 22.1 Å². The molecule has 2 unspecified atom stereocenters. The van der Waals surface area contributed by atoms with Gasteiger partial charge in [-0.1, -0.05) is 27.5 Å². The van der Waals surface area contributed by atoms with Crippen LogP contribution in [-0.4, -0.2) is 17.8 Å². The van der Waals surface area contributed by atoms with E-state index in [1.807, 2.05) is 12.1 Å². The molecule has 0 aliphatic heterocycles. The zero-order valence-corrected chi connectivity index (χ0v) is 11.5. The molecule has 0 amide bonds. The van der Waals surface area contributed by atoms with E-state index in [0.717, 1.165) is 22.3 Å². The van der Waals surface area contributed by atoms with Crippen LogP contribution in [-0.2, 0) is 6.42 Å². The average Bonchev–Trinajstić information content (AvgIpc) is 2.58. The van der Waals surface area contributed by atoms with Crippen molar-refractivity contribution in [3.05, 3.63) is 32.8 Å². The summed E-state index contributed by atoms with van der Waals surface area (Å²) in [7, 11) is 0. The van der Waals surface area contributed by atoms with Crippen LogP contribution in [0, 0.1) is 0 Å². The first-order chi connectivity index (χ1) is 7.58. The number of nitrogens with one attached hydrogen (secondary N) is 1. The van der Waals surface area contributed by atoms with E-state index in [1.54, 1.807) is 6.92 Å². The number of rotatable bonds is 3. The Morgan fingerprint density at radius 2 is 2.38 bits per heavy atom. The normalized spacial score (nSPS) is 20.9. The van der Waals surface area contributed by atoms with Crippen molar-refractivity contribution in [3.8, 4) is 0 Å². The minimum atomic E-state index is -0.313. The molecule has 0 radical (unpaired) electrons. The molecule has 0 spiro atoms. The topological polar surface area (TPSA) is 32.3 Å². The number of aliphatic hydroxyl groups is 1. The number of fused-ring (bicyclic) bond motifs is 1. The van der Waals surface area contributed by atoms with E-state index < -0.39 is 0 Å². The van der Waals surface area contributed by atoms with Crippen LogP contribution < -0.4 is 5.32 Å². The largest absolute Gasteiger partial charge is 0.392 e. The fourth-order valence-electron chi connectivity index (χ4n) is 2.17. The van der Waals surface area contributed by atoms with Crippen LogP contribution in [0.25, 0.3) is 0 Å². The Bertz CT molecular complexity index is 395. The molecule has 2 N–H and O–H groups in total. The van der Waals surface area contributed by atoms with Crippen molar-refractivity contribution in [2.45, 2.75) is 31.9 Å². The number of aliphatic hydroxyl groups excluding tert-OH is 1. The molecule has 2 rings (SSSR count). The third kappa shape index (κ3) is 2.59. The Balaban J connectivity index is 2.19. The number of hydrogen-bond donors (Lipinski definition) is 2. The van der Waals surface area contributed by atoms with Gasteiger partial charge in [-0.2, -0.15) is 0 Å². The minimum Gasteiger partial charge on any atom is -0.392 e. The quantitative estimate of drug-likeness (QED) is 0.899. The molecule has 2 atom stereocenters. The zero-order chi connectivity index (χ0) is 11.7. The predicted octanol–water partition coefficient (Wildman–Crippen LogP) is 3.06. The van der Waals surface area contributed by atoms with Crippen LogP contribution >= 0.6 is 27.5 Å². The summed E-state index contributed by atoms with van der Waals surface area (Å²) in [4.78, 5) is 0. The summed E-state index contributed by atoms with van der Waals surface area (Å²) >= 11 is 9.59. The maximum atomic E-state index is 9.27. The lowest BCUT2D eigenvalue weighted by atomic mass is 10.1. The molecule has 0 saturated carbocycles. The molecule has 0 bridgehead atoms. The Hall–Kier alpha value is -0.0900. The Morgan fingerprint density at radius 1 is 1.62 bits per heavy atom.